The molecule has 0 bridgehead atoms. The highest BCUT2D eigenvalue weighted by atomic mass is 35.5. The number of carbonyl (C=O) groups is 2. The number of thioether (sulfide) groups is 1. The Kier molecular flexibility index (Phi) is 10.9. The third-order valence-corrected chi connectivity index (χ3v) is 6.71. The van der Waals surface area contributed by atoms with E-state index in [1.54, 1.807) is 11.0 Å². The second-order valence-electron chi connectivity index (χ2n) is 8.31. The van der Waals surface area contributed by atoms with Gasteiger partial charge in [-0.3, -0.25) is 9.59 Å². The maximum atomic E-state index is 13.3. The van der Waals surface area contributed by atoms with E-state index in [0.29, 0.717) is 41.2 Å². The van der Waals surface area contributed by atoms with Crippen molar-refractivity contribution in [1.29, 1.82) is 0 Å². The van der Waals surface area contributed by atoms with Gasteiger partial charge in [-0.2, -0.15) is 0 Å². The Morgan fingerprint density at radius 2 is 1.81 bits per heavy atom. The lowest BCUT2D eigenvalue weighted by Gasteiger charge is -2.31. The Hall–Kier alpha value is -1.69. The van der Waals surface area contributed by atoms with E-state index in [0.717, 1.165) is 16.7 Å². The van der Waals surface area contributed by atoms with Gasteiger partial charge in [-0.1, -0.05) is 79.9 Å². The summed E-state index contributed by atoms with van der Waals surface area (Å²) in [6, 6.07) is 13.0. The van der Waals surface area contributed by atoms with E-state index in [4.69, 9.17) is 23.2 Å². The molecule has 2 amide bonds. The van der Waals surface area contributed by atoms with Crippen molar-refractivity contribution in [3.8, 4) is 0 Å². The van der Waals surface area contributed by atoms with Gasteiger partial charge >= 0.3 is 0 Å². The molecule has 0 saturated heterocycles. The number of rotatable bonds is 11. The summed E-state index contributed by atoms with van der Waals surface area (Å²) in [5, 5.41) is 4.01. The average Bonchev–Trinajstić information content (AvgIpc) is 2.74. The van der Waals surface area contributed by atoms with Gasteiger partial charge in [-0.25, -0.2) is 0 Å². The van der Waals surface area contributed by atoms with Crippen molar-refractivity contribution in [2.75, 3.05) is 12.3 Å². The molecule has 174 valence electrons. The molecular weight excluding hydrogens is 463 g/mol. The second kappa shape index (κ2) is 13.1. The summed E-state index contributed by atoms with van der Waals surface area (Å²) in [7, 11) is 0. The lowest BCUT2D eigenvalue weighted by molar-refractivity contribution is -0.139. The summed E-state index contributed by atoms with van der Waals surface area (Å²) >= 11 is 13.6. The van der Waals surface area contributed by atoms with Gasteiger partial charge < -0.3 is 10.2 Å². The number of carbonyl (C=O) groups excluding carboxylic acids is 2. The maximum absolute atomic E-state index is 13.3. The largest absolute Gasteiger partial charge is 0.354 e. The first-order chi connectivity index (χ1) is 15.2. The summed E-state index contributed by atoms with van der Waals surface area (Å²) in [6.07, 6.45) is 0.555. The van der Waals surface area contributed by atoms with Crippen molar-refractivity contribution in [2.24, 2.45) is 5.92 Å². The Morgan fingerprint density at radius 1 is 1.06 bits per heavy atom. The minimum atomic E-state index is -0.507. The number of hydrogen-bond acceptors (Lipinski definition) is 3. The highest BCUT2D eigenvalue weighted by Crippen LogP contribution is 2.25. The lowest BCUT2D eigenvalue weighted by atomic mass is 10.1. The molecule has 4 nitrogen and oxygen atoms in total. The molecule has 32 heavy (non-hydrogen) atoms. The fraction of sp³-hybridized carbons (Fsp3) is 0.440. The first-order valence-corrected chi connectivity index (χ1v) is 12.8. The molecule has 7 heteroatoms. The monoisotopic (exact) mass is 494 g/mol. The summed E-state index contributed by atoms with van der Waals surface area (Å²) in [5.74, 6) is 1.11. The van der Waals surface area contributed by atoms with Crippen LogP contribution in [-0.2, 0) is 21.9 Å². The van der Waals surface area contributed by atoms with Crippen LogP contribution in [0.5, 0.6) is 0 Å². The third kappa shape index (κ3) is 8.34. The molecule has 1 unspecified atom stereocenters. The third-order valence-electron chi connectivity index (χ3n) is 4.98. The fourth-order valence-corrected chi connectivity index (χ4v) is 4.50. The average molecular weight is 496 g/mol. The van der Waals surface area contributed by atoms with Crippen LogP contribution in [0.4, 0.5) is 0 Å². The maximum Gasteiger partial charge on any atom is 0.242 e. The molecule has 0 heterocycles. The Morgan fingerprint density at radius 3 is 2.44 bits per heavy atom. The molecule has 1 N–H and O–H groups in total. The van der Waals surface area contributed by atoms with E-state index >= 15 is 0 Å². The highest BCUT2D eigenvalue weighted by molar-refractivity contribution is 7.99. The second-order valence-corrected chi connectivity index (χ2v) is 10.1. The number of amides is 2. The molecule has 2 rings (SSSR count). The van der Waals surface area contributed by atoms with Crippen LogP contribution in [0.3, 0.4) is 0 Å². The molecule has 1 atom stereocenters. The zero-order valence-electron chi connectivity index (χ0n) is 19.2. The van der Waals surface area contributed by atoms with E-state index in [1.165, 1.54) is 11.8 Å². The summed E-state index contributed by atoms with van der Waals surface area (Å²) < 4.78 is 0. The van der Waals surface area contributed by atoms with Crippen LogP contribution in [0, 0.1) is 12.8 Å². The van der Waals surface area contributed by atoms with Gasteiger partial charge in [0.1, 0.15) is 6.04 Å². The SMILES string of the molecule is CCC(C(=O)NCC(C)C)N(Cc1cccc(C)c1)C(=O)CSCc1ccc(Cl)c(Cl)c1. The number of benzene rings is 2. The Labute approximate surface area is 206 Å². The van der Waals surface area contributed by atoms with Crippen molar-refractivity contribution in [1.82, 2.24) is 10.2 Å². The zero-order valence-corrected chi connectivity index (χ0v) is 21.5. The predicted octanol–water partition coefficient (Wildman–Crippen LogP) is 6.11. The lowest BCUT2D eigenvalue weighted by Crippen LogP contribution is -2.50. The van der Waals surface area contributed by atoms with Crippen LogP contribution < -0.4 is 5.32 Å². The van der Waals surface area contributed by atoms with Gasteiger partial charge in [-0.15, -0.1) is 11.8 Å². The summed E-state index contributed by atoms with van der Waals surface area (Å²) in [6.45, 7) is 9.07. The van der Waals surface area contributed by atoms with Gasteiger partial charge in [0.25, 0.3) is 0 Å². The Balaban J connectivity index is 2.12. The minimum Gasteiger partial charge on any atom is -0.354 e. The van der Waals surface area contributed by atoms with Crippen LogP contribution in [0.2, 0.25) is 10.0 Å². The minimum absolute atomic E-state index is 0.0527. The zero-order chi connectivity index (χ0) is 23.7. The van der Waals surface area contributed by atoms with Gasteiger partial charge in [-0.05, 0) is 42.5 Å². The summed E-state index contributed by atoms with van der Waals surface area (Å²) in [4.78, 5) is 27.9. The number of nitrogens with zero attached hydrogens (tertiary/aromatic N) is 1. The molecule has 0 radical (unpaired) electrons. The van der Waals surface area contributed by atoms with E-state index in [1.807, 2.05) is 44.2 Å². The van der Waals surface area contributed by atoms with Gasteiger partial charge in [0.15, 0.2) is 0 Å². The molecule has 0 aliphatic rings. The van der Waals surface area contributed by atoms with Crippen LogP contribution in [-0.4, -0.2) is 35.1 Å². The molecule has 0 saturated carbocycles. The van der Waals surface area contributed by atoms with E-state index in [2.05, 4.69) is 25.2 Å². The fourth-order valence-electron chi connectivity index (χ4n) is 3.32. The van der Waals surface area contributed by atoms with E-state index < -0.39 is 6.04 Å². The molecule has 0 aliphatic heterocycles. The van der Waals surface area contributed by atoms with Crippen LogP contribution >= 0.6 is 35.0 Å². The topological polar surface area (TPSA) is 49.4 Å². The molecule has 0 aromatic heterocycles. The van der Waals surface area contributed by atoms with Crippen LogP contribution in [0.15, 0.2) is 42.5 Å². The molecule has 2 aromatic rings. The van der Waals surface area contributed by atoms with Gasteiger partial charge in [0.2, 0.25) is 11.8 Å². The predicted molar refractivity (Wildman–Crippen MR) is 136 cm³/mol. The van der Waals surface area contributed by atoms with E-state index in [-0.39, 0.29) is 17.6 Å². The number of nitrogens with one attached hydrogen (secondary N) is 1. The van der Waals surface area contributed by atoms with Crippen molar-refractivity contribution in [2.45, 2.75) is 52.5 Å². The normalized spacial score (nSPS) is 12.0. The molecular formula is C25H32Cl2N2O2S. The molecule has 2 aromatic carbocycles. The smallest absolute Gasteiger partial charge is 0.242 e. The number of hydrogen-bond donors (Lipinski definition) is 1. The van der Waals surface area contributed by atoms with Crippen molar-refractivity contribution >= 4 is 46.8 Å². The quantitative estimate of drug-likeness (QED) is 0.409. The first kappa shape index (κ1) is 26.6. The van der Waals surface area contributed by atoms with Crippen LogP contribution in [0.25, 0.3) is 0 Å². The van der Waals surface area contributed by atoms with Crippen molar-refractivity contribution in [3.05, 3.63) is 69.2 Å². The molecule has 0 aliphatic carbocycles. The van der Waals surface area contributed by atoms with Crippen LogP contribution in [0.1, 0.15) is 43.9 Å². The van der Waals surface area contributed by atoms with Gasteiger partial charge in [0.05, 0.1) is 15.8 Å². The molecule has 0 fully saturated rings. The molecule has 0 spiro atoms. The van der Waals surface area contributed by atoms with Crippen molar-refractivity contribution in [3.63, 3.8) is 0 Å². The number of halogens is 2. The highest BCUT2D eigenvalue weighted by Gasteiger charge is 2.28. The van der Waals surface area contributed by atoms with Crippen molar-refractivity contribution < 1.29 is 9.59 Å². The van der Waals surface area contributed by atoms with E-state index in [9.17, 15) is 9.59 Å². The van der Waals surface area contributed by atoms with Gasteiger partial charge in [0, 0.05) is 18.8 Å². The Bertz CT molecular complexity index is 921. The summed E-state index contributed by atoms with van der Waals surface area (Å²) in [5.41, 5.74) is 3.15. The first-order valence-electron chi connectivity index (χ1n) is 10.9. The number of aryl methyl sites for hydroxylation is 1. The standard InChI is InChI=1S/C25H32Cl2N2O2S/c1-5-23(25(31)28-13-17(2)3)29(14-19-8-6-7-18(4)11-19)24(30)16-32-15-20-9-10-21(26)22(27)12-20/h6-12,17,23H,5,13-16H2,1-4H3,(H,28,31).